The van der Waals surface area contributed by atoms with Crippen LogP contribution in [-0.4, -0.2) is 17.9 Å². The normalized spacial score (nSPS) is 14.1. The average molecular weight is 280 g/mol. The highest BCUT2D eigenvalue weighted by atomic mass is 32.1. The van der Waals surface area contributed by atoms with Gasteiger partial charge in [0.1, 0.15) is 5.00 Å². The van der Waals surface area contributed by atoms with E-state index < -0.39 is 0 Å². The maximum atomic E-state index is 12.3. The summed E-state index contributed by atoms with van der Waals surface area (Å²) < 4.78 is 0. The van der Waals surface area contributed by atoms with Crippen LogP contribution in [0.2, 0.25) is 0 Å². The largest absolute Gasteiger partial charge is 0.350 e. The van der Waals surface area contributed by atoms with Gasteiger partial charge in [-0.3, -0.25) is 9.59 Å². The Hall–Kier alpha value is -1.36. The summed E-state index contributed by atoms with van der Waals surface area (Å²) in [4.78, 5) is 24.9. The van der Waals surface area contributed by atoms with Crippen molar-refractivity contribution < 1.29 is 9.59 Å². The third-order valence-electron chi connectivity index (χ3n) is 3.11. The lowest BCUT2D eigenvalue weighted by molar-refractivity contribution is -0.114. The molecular formula is C14H20N2O2S. The van der Waals surface area contributed by atoms with Gasteiger partial charge in [0.25, 0.3) is 5.91 Å². The van der Waals surface area contributed by atoms with Gasteiger partial charge in [0.2, 0.25) is 5.91 Å². The Morgan fingerprint density at radius 3 is 2.53 bits per heavy atom. The molecule has 0 fully saturated rings. The summed E-state index contributed by atoms with van der Waals surface area (Å²) in [7, 11) is 0. The second-order valence-corrected chi connectivity index (χ2v) is 6.33. The first-order chi connectivity index (χ1) is 8.99. The molecular weight excluding hydrogens is 260 g/mol. The fourth-order valence-corrected chi connectivity index (χ4v) is 3.72. The number of nitrogens with one attached hydrogen (secondary N) is 2. The number of amides is 2. The molecule has 0 radical (unpaired) electrons. The number of aryl methyl sites for hydroxylation is 1. The van der Waals surface area contributed by atoms with Crippen molar-refractivity contribution in [1.29, 1.82) is 0 Å². The Morgan fingerprint density at radius 1 is 1.21 bits per heavy atom. The Morgan fingerprint density at radius 2 is 1.89 bits per heavy atom. The third-order valence-corrected chi connectivity index (χ3v) is 4.31. The van der Waals surface area contributed by atoms with Crippen LogP contribution in [0.4, 0.5) is 5.00 Å². The number of thiophene rings is 1. The minimum Gasteiger partial charge on any atom is -0.350 e. The summed E-state index contributed by atoms with van der Waals surface area (Å²) in [5, 5.41) is 6.43. The average Bonchev–Trinajstić information content (AvgIpc) is 2.64. The fraction of sp³-hybridized carbons (Fsp3) is 0.571. The first kappa shape index (κ1) is 14.1. The van der Waals surface area contributed by atoms with Crippen molar-refractivity contribution in [2.75, 3.05) is 5.32 Å². The van der Waals surface area contributed by atoms with Gasteiger partial charge in [-0.25, -0.2) is 0 Å². The zero-order valence-corrected chi connectivity index (χ0v) is 12.4. The van der Waals surface area contributed by atoms with Crippen molar-refractivity contribution in [1.82, 2.24) is 5.32 Å². The smallest absolute Gasteiger partial charge is 0.254 e. The maximum absolute atomic E-state index is 12.3. The monoisotopic (exact) mass is 280 g/mol. The molecule has 104 valence electrons. The molecule has 0 spiro atoms. The van der Waals surface area contributed by atoms with E-state index in [-0.39, 0.29) is 17.9 Å². The second kappa shape index (κ2) is 5.74. The van der Waals surface area contributed by atoms with Gasteiger partial charge >= 0.3 is 0 Å². The molecule has 0 atom stereocenters. The molecule has 5 heteroatoms. The number of anilines is 1. The van der Waals surface area contributed by atoms with Gasteiger partial charge in [-0.15, -0.1) is 11.3 Å². The lowest BCUT2D eigenvalue weighted by Gasteiger charge is -2.14. The second-order valence-electron chi connectivity index (χ2n) is 5.22. The molecule has 0 bridgehead atoms. The lowest BCUT2D eigenvalue weighted by Crippen LogP contribution is -2.31. The van der Waals surface area contributed by atoms with Crippen LogP contribution in [0.3, 0.4) is 0 Å². The summed E-state index contributed by atoms with van der Waals surface area (Å²) in [6.07, 6.45) is 4.23. The molecule has 0 unspecified atom stereocenters. The van der Waals surface area contributed by atoms with Crippen molar-refractivity contribution in [3.05, 3.63) is 16.0 Å². The van der Waals surface area contributed by atoms with Crippen LogP contribution < -0.4 is 10.6 Å². The molecule has 1 aliphatic carbocycles. The van der Waals surface area contributed by atoms with Crippen molar-refractivity contribution >= 4 is 28.2 Å². The van der Waals surface area contributed by atoms with Crippen molar-refractivity contribution in [3.8, 4) is 0 Å². The molecule has 0 saturated heterocycles. The number of rotatable bonds is 3. The van der Waals surface area contributed by atoms with E-state index >= 15 is 0 Å². The summed E-state index contributed by atoms with van der Waals surface area (Å²) in [5.41, 5.74) is 1.82. The van der Waals surface area contributed by atoms with Gasteiger partial charge in [-0.2, -0.15) is 0 Å². The molecule has 0 aromatic carbocycles. The van der Waals surface area contributed by atoms with Gasteiger partial charge in [-0.1, -0.05) is 0 Å². The highest BCUT2D eigenvalue weighted by Crippen LogP contribution is 2.38. The number of hydrogen-bond donors (Lipinski definition) is 2. The topological polar surface area (TPSA) is 58.2 Å². The molecule has 0 aliphatic heterocycles. The molecule has 1 aromatic heterocycles. The van der Waals surface area contributed by atoms with Gasteiger partial charge in [0.15, 0.2) is 0 Å². The molecule has 4 nitrogen and oxygen atoms in total. The summed E-state index contributed by atoms with van der Waals surface area (Å²) >= 11 is 1.55. The van der Waals surface area contributed by atoms with Gasteiger partial charge in [-0.05, 0) is 45.1 Å². The highest BCUT2D eigenvalue weighted by Gasteiger charge is 2.25. The highest BCUT2D eigenvalue weighted by molar-refractivity contribution is 7.17. The Bertz CT molecular complexity index is 506. The lowest BCUT2D eigenvalue weighted by atomic mass is 9.95. The van der Waals surface area contributed by atoms with Crippen molar-refractivity contribution in [2.24, 2.45) is 0 Å². The van der Waals surface area contributed by atoms with Gasteiger partial charge in [0, 0.05) is 17.8 Å². The van der Waals surface area contributed by atoms with Crippen LogP contribution in [0.5, 0.6) is 0 Å². The molecule has 1 aromatic rings. The van der Waals surface area contributed by atoms with Gasteiger partial charge < -0.3 is 10.6 Å². The molecule has 0 saturated carbocycles. The van der Waals surface area contributed by atoms with Crippen molar-refractivity contribution in [2.45, 2.75) is 52.5 Å². The van der Waals surface area contributed by atoms with E-state index in [1.807, 2.05) is 13.8 Å². The number of carbonyl (C=O) groups excluding carboxylic acids is 2. The van der Waals surface area contributed by atoms with Gasteiger partial charge in [0.05, 0.1) is 5.56 Å². The standard InChI is InChI=1S/C14H20N2O2S/c1-8(2)15-13(18)12-10-6-4-5-7-11(10)19-14(12)16-9(3)17/h8H,4-7H2,1-3H3,(H,15,18)(H,16,17). The first-order valence-corrected chi connectivity index (χ1v) is 7.53. The van der Waals surface area contributed by atoms with E-state index in [0.29, 0.717) is 10.6 Å². The fourth-order valence-electron chi connectivity index (χ4n) is 2.39. The zero-order chi connectivity index (χ0) is 14.0. The van der Waals surface area contributed by atoms with Crippen LogP contribution in [-0.2, 0) is 17.6 Å². The molecule has 2 amide bonds. The van der Waals surface area contributed by atoms with E-state index in [9.17, 15) is 9.59 Å². The predicted octanol–water partition coefficient (Wildman–Crippen LogP) is 2.72. The van der Waals surface area contributed by atoms with E-state index in [1.54, 1.807) is 11.3 Å². The van der Waals surface area contributed by atoms with Crippen molar-refractivity contribution in [3.63, 3.8) is 0 Å². The van der Waals surface area contributed by atoms with Crippen LogP contribution in [0.25, 0.3) is 0 Å². The third kappa shape index (κ3) is 3.15. The summed E-state index contributed by atoms with van der Waals surface area (Å²) in [6, 6.07) is 0.0943. The first-order valence-electron chi connectivity index (χ1n) is 6.72. The zero-order valence-electron chi connectivity index (χ0n) is 11.6. The maximum Gasteiger partial charge on any atom is 0.254 e. The number of fused-ring (bicyclic) bond motifs is 1. The van der Waals surface area contributed by atoms with E-state index in [1.165, 1.54) is 11.8 Å². The van der Waals surface area contributed by atoms with Crippen LogP contribution >= 0.6 is 11.3 Å². The molecule has 19 heavy (non-hydrogen) atoms. The molecule has 1 aliphatic rings. The summed E-state index contributed by atoms with van der Waals surface area (Å²) in [5.74, 6) is -0.199. The number of hydrogen-bond acceptors (Lipinski definition) is 3. The SMILES string of the molecule is CC(=O)Nc1sc2c(c1C(=O)NC(C)C)CCCC2. The number of carbonyl (C=O) groups is 2. The minimum atomic E-state index is -0.128. The molecule has 2 rings (SSSR count). The minimum absolute atomic E-state index is 0.0712. The molecule has 1 heterocycles. The van der Waals surface area contributed by atoms with Crippen LogP contribution in [0.1, 0.15) is 54.4 Å². The predicted molar refractivity (Wildman–Crippen MR) is 77.9 cm³/mol. The Labute approximate surface area is 117 Å². The Balaban J connectivity index is 2.39. The quantitative estimate of drug-likeness (QED) is 0.894. The van der Waals surface area contributed by atoms with E-state index in [2.05, 4.69) is 10.6 Å². The van der Waals surface area contributed by atoms with E-state index in [4.69, 9.17) is 0 Å². The molecule has 2 N–H and O–H groups in total. The van der Waals surface area contributed by atoms with E-state index in [0.717, 1.165) is 31.2 Å². The summed E-state index contributed by atoms with van der Waals surface area (Å²) in [6.45, 7) is 5.35. The Kier molecular flexibility index (Phi) is 4.24. The van der Waals surface area contributed by atoms with Crippen LogP contribution in [0, 0.1) is 0 Å². The van der Waals surface area contributed by atoms with Crippen LogP contribution in [0.15, 0.2) is 0 Å².